The number of ether oxygens (including phenoxy) is 4. The number of carbonyl (C=O) groups is 3. The van der Waals surface area contributed by atoms with Crippen molar-refractivity contribution in [1.29, 1.82) is 0 Å². The number of carbonyl (C=O) groups excluding carboxylic acids is 3. The summed E-state index contributed by atoms with van der Waals surface area (Å²) < 4.78 is 20.3. The molecule has 0 amide bonds. The number of rotatable bonds is 8. The fourth-order valence-electron chi connectivity index (χ4n) is 2.71. The molecule has 0 radical (unpaired) electrons. The molecule has 1 N–H and O–H groups in total. The first kappa shape index (κ1) is 21.0. The number of aryl methyl sites for hydroxylation is 1. The SMILES string of the molecule is COC(=O)c1c(C)[nH]c(C(=O)[C@@H](C)OC(=O)COc2ccc(OC)cc2)c1C. The number of aromatic amines is 1. The third kappa shape index (κ3) is 4.70. The maximum atomic E-state index is 12.6. The molecule has 0 aliphatic rings. The highest BCUT2D eigenvalue weighted by Gasteiger charge is 2.27. The zero-order valence-corrected chi connectivity index (χ0v) is 16.5. The summed E-state index contributed by atoms with van der Waals surface area (Å²) in [7, 11) is 2.82. The Morgan fingerprint density at radius 1 is 1.04 bits per heavy atom. The van der Waals surface area contributed by atoms with Crippen molar-refractivity contribution in [3.05, 3.63) is 46.8 Å². The standard InChI is InChI=1S/C20H23NO7/c1-11-17(20(24)26-5)12(2)21-18(11)19(23)13(3)28-16(22)10-27-15-8-6-14(25-4)7-9-15/h6-9,13,21H,10H2,1-5H3/t13-/m1/s1. The van der Waals surface area contributed by atoms with Crippen molar-refractivity contribution in [1.82, 2.24) is 4.98 Å². The quantitative estimate of drug-likeness (QED) is 0.547. The smallest absolute Gasteiger partial charge is 0.344 e. The van der Waals surface area contributed by atoms with Gasteiger partial charge < -0.3 is 23.9 Å². The number of aromatic nitrogens is 1. The van der Waals surface area contributed by atoms with E-state index in [1.165, 1.54) is 14.0 Å². The summed E-state index contributed by atoms with van der Waals surface area (Å²) in [6, 6.07) is 6.70. The largest absolute Gasteiger partial charge is 0.497 e. The van der Waals surface area contributed by atoms with Gasteiger partial charge in [-0.3, -0.25) is 4.79 Å². The Hall–Kier alpha value is -3.29. The van der Waals surface area contributed by atoms with E-state index < -0.39 is 23.8 Å². The van der Waals surface area contributed by atoms with Crippen LogP contribution in [0.3, 0.4) is 0 Å². The molecule has 1 atom stereocenters. The van der Waals surface area contributed by atoms with Gasteiger partial charge in [-0.25, -0.2) is 9.59 Å². The number of methoxy groups -OCH3 is 2. The predicted octanol–water partition coefficient (Wildman–Crippen LogP) is 2.62. The molecule has 28 heavy (non-hydrogen) atoms. The highest BCUT2D eigenvalue weighted by Crippen LogP contribution is 2.21. The van der Waals surface area contributed by atoms with E-state index in [1.807, 2.05) is 0 Å². The molecular formula is C20H23NO7. The monoisotopic (exact) mass is 389 g/mol. The lowest BCUT2D eigenvalue weighted by atomic mass is 10.1. The Labute approximate surface area is 162 Å². The Balaban J connectivity index is 1.98. The summed E-state index contributed by atoms with van der Waals surface area (Å²) in [4.78, 5) is 39.3. The first-order valence-electron chi connectivity index (χ1n) is 8.56. The van der Waals surface area contributed by atoms with E-state index in [9.17, 15) is 14.4 Å². The van der Waals surface area contributed by atoms with E-state index in [1.54, 1.807) is 45.2 Å². The lowest BCUT2D eigenvalue weighted by Gasteiger charge is -2.13. The van der Waals surface area contributed by atoms with Crippen LogP contribution < -0.4 is 9.47 Å². The molecule has 8 nitrogen and oxygen atoms in total. The maximum Gasteiger partial charge on any atom is 0.344 e. The predicted molar refractivity (Wildman–Crippen MR) is 100.0 cm³/mol. The van der Waals surface area contributed by atoms with Gasteiger partial charge >= 0.3 is 11.9 Å². The van der Waals surface area contributed by atoms with Crippen LogP contribution in [0.15, 0.2) is 24.3 Å². The molecular weight excluding hydrogens is 366 g/mol. The van der Waals surface area contributed by atoms with Crippen LogP contribution in [0.5, 0.6) is 11.5 Å². The average molecular weight is 389 g/mol. The normalized spacial score (nSPS) is 11.5. The molecule has 1 aromatic carbocycles. The lowest BCUT2D eigenvalue weighted by molar-refractivity contribution is -0.148. The summed E-state index contributed by atoms with van der Waals surface area (Å²) >= 11 is 0. The molecule has 0 unspecified atom stereocenters. The lowest BCUT2D eigenvalue weighted by Crippen LogP contribution is -2.28. The minimum absolute atomic E-state index is 0.203. The van der Waals surface area contributed by atoms with Crippen LogP contribution >= 0.6 is 0 Å². The van der Waals surface area contributed by atoms with Crippen molar-refractivity contribution in [2.24, 2.45) is 0 Å². The molecule has 0 saturated carbocycles. The van der Waals surface area contributed by atoms with Gasteiger partial charge in [-0.2, -0.15) is 0 Å². The van der Waals surface area contributed by atoms with Gasteiger partial charge in [0.15, 0.2) is 12.7 Å². The van der Waals surface area contributed by atoms with Gasteiger partial charge in [0.05, 0.1) is 25.5 Å². The van der Waals surface area contributed by atoms with Crippen molar-refractivity contribution in [3.63, 3.8) is 0 Å². The fourth-order valence-corrected chi connectivity index (χ4v) is 2.71. The molecule has 1 heterocycles. The molecule has 2 aromatic rings. The minimum Gasteiger partial charge on any atom is -0.497 e. The molecule has 150 valence electrons. The number of esters is 2. The van der Waals surface area contributed by atoms with E-state index in [-0.39, 0.29) is 12.3 Å². The number of benzene rings is 1. The minimum atomic E-state index is -1.05. The number of H-pyrrole nitrogens is 1. The summed E-state index contributed by atoms with van der Waals surface area (Å²) in [6.45, 7) is 4.40. The Morgan fingerprint density at radius 3 is 2.21 bits per heavy atom. The van der Waals surface area contributed by atoms with E-state index in [4.69, 9.17) is 18.9 Å². The highest BCUT2D eigenvalue weighted by atomic mass is 16.6. The van der Waals surface area contributed by atoms with E-state index in [2.05, 4.69) is 4.98 Å². The van der Waals surface area contributed by atoms with Crippen LogP contribution in [-0.4, -0.2) is 49.6 Å². The molecule has 0 bridgehead atoms. The number of hydrogen-bond donors (Lipinski definition) is 1. The van der Waals surface area contributed by atoms with Gasteiger partial charge in [-0.15, -0.1) is 0 Å². The number of nitrogens with one attached hydrogen (secondary N) is 1. The molecule has 0 aliphatic heterocycles. The summed E-state index contributed by atoms with van der Waals surface area (Å²) in [5, 5.41) is 0. The molecule has 8 heteroatoms. The van der Waals surface area contributed by atoms with E-state index in [0.29, 0.717) is 28.3 Å². The first-order valence-corrected chi connectivity index (χ1v) is 8.56. The molecule has 0 fully saturated rings. The van der Waals surface area contributed by atoms with Crippen LogP contribution in [0.4, 0.5) is 0 Å². The van der Waals surface area contributed by atoms with Gasteiger partial charge in [0.1, 0.15) is 11.5 Å². The van der Waals surface area contributed by atoms with Crippen LogP contribution in [0.1, 0.15) is 39.0 Å². The number of ketones is 1. The van der Waals surface area contributed by atoms with Gasteiger partial charge in [0, 0.05) is 5.69 Å². The maximum absolute atomic E-state index is 12.6. The van der Waals surface area contributed by atoms with Crippen LogP contribution in [0.2, 0.25) is 0 Å². The van der Waals surface area contributed by atoms with Gasteiger partial charge in [-0.1, -0.05) is 0 Å². The fraction of sp³-hybridized carbons (Fsp3) is 0.350. The van der Waals surface area contributed by atoms with Crippen molar-refractivity contribution >= 4 is 17.7 Å². The van der Waals surface area contributed by atoms with Gasteiger partial charge in [0.25, 0.3) is 0 Å². The molecule has 0 spiro atoms. The molecule has 0 saturated heterocycles. The van der Waals surface area contributed by atoms with Gasteiger partial charge in [-0.05, 0) is 50.6 Å². The van der Waals surface area contributed by atoms with Crippen LogP contribution in [0, 0.1) is 13.8 Å². The molecule has 2 rings (SSSR count). The van der Waals surface area contributed by atoms with Crippen LogP contribution in [0.25, 0.3) is 0 Å². The summed E-state index contributed by atoms with van der Waals surface area (Å²) in [5.74, 6) is -0.547. The van der Waals surface area contributed by atoms with Crippen LogP contribution in [-0.2, 0) is 14.3 Å². The second kappa shape index (κ2) is 9.07. The van der Waals surface area contributed by atoms with Gasteiger partial charge in [0.2, 0.25) is 5.78 Å². The third-order valence-corrected chi connectivity index (χ3v) is 4.17. The Kier molecular flexibility index (Phi) is 6.81. The average Bonchev–Trinajstić information content (AvgIpc) is 2.99. The van der Waals surface area contributed by atoms with Crippen molar-refractivity contribution < 1.29 is 33.3 Å². The van der Waals surface area contributed by atoms with E-state index in [0.717, 1.165) is 0 Å². The molecule has 1 aromatic heterocycles. The Bertz CT molecular complexity index is 867. The highest BCUT2D eigenvalue weighted by molar-refractivity contribution is 6.03. The van der Waals surface area contributed by atoms with Crippen molar-refractivity contribution in [3.8, 4) is 11.5 Å². The van der Waals surface area contributed by atoms with Crippen molar-refractivity contribution in [2.45, 2.75) is 26.9 Å². The second-order valence-electron chi connectivity index (χ2n) is 6.08. The summed E-state index contributed by atoms with van der Waals surface area (Å²) in [6.07, 6.45) is -1.05. The molecule has 0 aliphatic carbocycles. The zero-order chi connectivity index (χ0) is 20.8. The third-order valence-electron chi connectivity index (χ3n) is 4.17. The summed E-state index contributed by atoms with van der Waals surface area (Å²) in [5.41, 5.74) is 1.46. The zero-order valence-electron chi connectivity index (χ0n) is 16.5. The number of Topliss-reactive ketones (excluding diaryl/α,β-unsaturated/α-hetero) is 1. The van der Waals surface area contributed by atoms with E-state index >= 15 is 0 Å². The first-order chi connectivity index (χ1) is 13.3. The topological polar surface area (TPSA) is 104 Å². The second-order valence-corrected chi connectivity index (χ2v) is 6.08. The number of hydrogen-bond acceptors (Lipinski definition) is 7. The van der Waals surface area contributed by atoms with Crippen molar-refractivity contribution in [2.75, 3.05) is 20.8 Å². The Morgan fingerprint density at radius 2 is 1.64 bits per heavy atom.